The molecule has 0 radical (unpaired) electrons. The molecule has 0 fully saturated rings. The number of hydrogen-bond acceptors (Lipinski definition) is 2. The van der Waals surface area contributed by atoms with E-state index in [1.165, 1.54) is 16.0 Å². The van der Waals surface area contributed by atoms with Gasteiger partial charge in [-0.05, 0) is 73.7 Å². The van der Waals surface area contributed by atoms with Crippen molar-refractivity contribution in [1.82, 2.24) is 0 Å². The molecule has 3 heteroatoms. The van der Waals surface area contributed by atoms with Crippen LogP contribution in [0.3, 0.4) is 0 Å². The second-order valence-electron chi connectivity index (χ2n) is 5.01. The second kappa shape index (κ2) is 6.55. The number of aryl methyl sites for hydroxylation is 2. The molecule has 0 aliphatic rings. The highest BCUT2D eigenvalue weighted by Crippen LogP contribution is 2.29. The van der Waals surface area contributed by atoms with Gasteiger partial charge in [0.1, 0.15) is 5.75 Å². The highest BCUT2D eigenvalue weighted by atomic mass is 35.5. The van der Waals surface area contributed by atoms with Gasteiger partial charge in [-0.1, -0.05) is 17.7 Å². The quantitative estimate of drug-likeness (QED) is 0.773. The van der Waals surface area contributed by atoms with E-state index in [1.807, 2.05) is 49.9 Å². The summed E-state index contributed by atoms with van der Waals surface area (Å²) >= 11 is 7.69. The zero-order valence-electron chi connectivity index (χ0n) is 12.0. The molecule has 0 spiro atoms. The maximum absolute atomic E-state index is 10.0. The molecular weight excluding hydrogens is 288 g/mol. The summed E-state index contributed by atoms with van der Waals surface area (Å²) < 4.78 is 0. The van der Waals surface area contributed by atoms with Gasteiger partial charge in [-0.3, -0.25) is 0 Å². The molecule has 0 atom stereocenters. The molecule has 0 aliphatic carbocycles. The fourth-order valence-electron chi connectivity index (χ4n) is 2.40. The van der Waals surface area contributed by atoms with Gasteiger partial charge < -0.3 is 5.11 Å². The number of aromatic hydroxyl groups is 1. The normalized spacial score (nSPS) is 10.8. The van der Waals surface area contributed by atoms with E-state index in [-0.39, 0.29) is 0 Å². The lowest BCUT2D eigenvalue weighted by Gasteiger charge is -2.13. The maximum Gasteiger partial charge on any atom is 0.121 e. The molecule has 0 aliphatic heterocycles. The molecule has 0 amide bonds. The Kier molecular flexibility index (Phi) is 5.00. The van der Waals surface area contributed by atoms with E-state index in [0.29, 0.717) is 5.75 Å². The highest BCUT2D eigenvalue weighted by molar-refractivity contribution is 7.99. The van der Waals surface area contributed by atoms with Gasteiger partial charge in [0.2, 0.25) is 0 Å². The number of hydrogen-bond donors (Lipinski definition) is 1. The van der Waals surface area contributed by atoms with E-state index in [4.69, 9.17) is 11.6 Å². The lowest BCUT2D eigenvalue weighted by Crippen LogP contribution is -1.98. The first-order valence-electron chi connectivity index (χ1n) is 6.66. The van der Waals surface area contributed by atoms with Crippen molar-refractivity contribution < 1.29 is 5.11 Å². The van der Waals surface area contributed by atoms with Gasteiger partial charge >= 0.3 is 0 Å². The topological polar surface area (TPSA) is 20.2 Å². The summed E-state index contributed by atoms with van der Waals surface area (Å²) in [6.07, 6.45) is 0.957. The van der Waals surface area contributed by atoms with Crippen molar-refractivity contribution in [3.63, 3.8) is 0 Å². The number of benzene rings is 2. The van der Waals surface area contributed by atoms with Crippen LogP contribution in [0.4, 0.5) is 0 Å². The summed E-state index contributed by atoms with van der Waals surface area (Å²) in [5, 5.41) is 10.8. The van der Waals surface area contributed by atoms with Crippen LogP contribution in [-0.4, -0.2) is 10.9 Å². The number of rotatable bonds is 4. The molecule has 106 valence electrons. The van der Waals surface area contributed by atoms with E-state index < -0.39 is 0 Å². The van der Waals surface area contributed by atoms with Gasteiger partial charge in [0.25, 0.3) is 0 Å². The van der Waals surface area contributed by atoms with E-state index >= 15 is 0 Å². The Balaban J connectivity index is 2.04. The van der Waals surface area contributed by atoms with Crippen molar-refractivity contribution >= 4 is 23.4 Å². The average Bonchev–Trinajstić information content (AvgIpc) is 2.42. The SMILES string of the molecule is Cc1cc(C)c(CCSc2ccc(Cl)cc2)c(C)c1O. The Morgan fingerprint density at radius 3 is 2.35 bits per heavy atom. The summed E-state index contributed by atoms with van der Waals surface area (Å²) in [6, 6.07) is 9.97. The van der Waals surface area contributed by atoms with Crippen LogP contribution < -0.4 is 0 Å². The fraction of sp³-hybridized carbons (Fsp3) is 0.294. The zero-order chi connectivity index (χ0) is 14.7. The van der Waals surface area contributed by atoms with Gasteiger partial charge in [-0.2, -0.15) is 0 Å². The van der Waals surface area contributed by atoms with Crippen molar-refractivity contribution in [2.75, 3.05) is 5.75 Å². The van der Waals surface area contributed by atoms with Gasteiger partial charge in [0, 0.05) is 15.7 Å². The lowest BCUT2D eigenvalue weighted by atomic mass is 9.97. The van der Waals surface area contributed by atoms with Gasteiger partial charge in [-0.25, -0.2) is 0 Å². The first kappa shape index (κ1) is 15.3. The van der Waals surface area contributed by atoms with Crippen LogP contribution in [-0.2, 0) is 6.42 Å². The Morgan fingerprint density at radius 1 is 1.05 bits per heavy atom. The largest absolute Gasteiger partial charge is 0.507 e. The third-order valence-corrected chi connectivity index (χ3v) is 4.79. The standard InChI is InChI=1S/C17H19ClOS/c1-11-10-12(2)17(19)13(3)16(11)8-9-20-15-6-4-14(18)5-7-15/h4-7,10,19H,8-9H2,1-3H3. The van der Waals surface area contributed by atoms with Crippen LogP contribution in [0.1, 0.15) is 22.3 Å². The summed E-state index contributed by atoms with van der Waals surface area (Å²) in [7, 11) is 0. The molecular formula is C17H19ClOS. The van der Waals surface area contributed by atoms with Crippen molar-refractivity contribution in [2.45, 2.75) is 32.1 Å². The molecule has 1 N–H and O–H groups in total. The van der Waals surface area contributed by atoms with Gasteiger partial charge in [-0.15, -0.1) is 11.8 Å². The third kappa shape index (κ3) is 3.50. The molecule has 2 aromatic rings. The Bertz CT molecular complexity index is 605. The van der Waals surface area contributed by atoms with Crippen LogP contribution in [0.5, 0.6) is 5.75 Å². The molecule has 2 aromatic carbocycles. The summed E-state index contributed by atoms with van der Waals surface area (Å²) in [6.45, 7) is 6.06. The minimum atomic E-state index is 0.432. The predicted molar refractivity (Wildman–Crippen MR) is 88.2 cm³/mol. The molecule has 2 rings (SSSR count). The first-order chi connectivity index (χ1) is 9.49. The minimum absolute atomic E-state index is 0.432. The first-order valence-corrected chi connectivity index (χ1v) is 8.02. The van der Waals surface area contributed by atoms with Gasteiger partial charge in [0.15, 0.2) is 0 Å². The average molecular weight is 307 g/mol. The monoisotopic (exact) mass is 306 g/mol. The van der Waals surface area contributed by atoms with E-state index in [0.717, 1.165) is 28.3 Å². The Hall–Kier alpha value is -1.12. The summed E-state index contributed by atoms with van der Waals surface area (Å²) in [4.78, 5) is 1.22. The third-order valence-electron chi connectivity index (χ3n) is 3.52. The highest BCUT2D eigenvalue weighted by Gasteiger charge is 2.10. The van der Waals surface area contributed by atoms with E-state index in [2.05, 4.69) is 13.0 Å². The zero-order valence-corrected chi connectivity index (χ0v) is 13.6. The molecule has 0 heterocycles. The van der Waals surface area contributed by atoms with E-state index in [1.54, 1.807) is 0 Å². The Morgan fingerprint density at radius 2 is 1.70 bits per heavy atom. The number of thioether (sulfide) groups is 1. The molecule has 0 bridgehead atoms. The lowest BCUT2D eigenvalue weighted by molar-refractivity contribution is 0.465. The van der Waals surface area contributed by atoms with Crippen LogP contribution in [0, 0.1) is 20.8 Å². The molecule has 0 aromatic heterocycles. The van der Waals surface area contributed by atoms with Crippen LogP contribution in [0.2, 0.25) is 5.02 Å². The summed E-state index contributed by atoms with van der Waals surface area (Å²) in [5.41, 5.74) is 4.48. The van der Waals surface area contributed by atoms with Crippen LogP contribution >= 0.6 is 23.4 Å². The molecule has 0 saturated heterocycles. The predicted octanol–water partition coefficient (Wildman–Crippen LogP) is 5.31. The van der Waals surface area contributed by atoms with Crippen molar-refractivity contribution in [2.24, 2.45) is 0 Å². The summed E-state index contributed by atoms with van der Waals surface area (Å²) in [5.74, 6) is 1.42. The van der Waals surface area contributed by atoms with Crippen LogP contribution in [0.15, 0.2) is 35.2 Å². The second-order valence-corrected chi connectivity index (χ2v) is 6.62. The molecule has 20 heavy (non-hydrogen) atoms. The number of phenolic OH excluding ortho intramolecular Hbond substituents is 1. The minimum Gasteiger partial charge on any atom is -0.507 e. The maximum atomic E-state index is 10.0. The number of phenols is 1. The van der Waals surface area contributed by atoms with E-state index in [9.17, 15) is 5.11 Å². The smallest absolute Gasteiger partial charge is 0.121 e. The molecule has 0 saturated carbocycles. The fourth-order valence-corrected chi connectivity index (χ4v) is 3.40. The van der Waals surface area contributed by atoms with Crippen LogP contribution in [0.25, 0.3) is 0 Å². The van der Waals surface area contributed by atoms with Crippen molar-refractivity contribution in [1.29, 1.82) is 0 Å². The molecule has 1 nitrogen and oxygen atoms in total. The molecule has 0 unspecified atom stereocenters. The van der Waals surface area contributed by atoms with Crippen molar-refractivity contribution in [3.8, 4) is 5.75 Å². The van der Waals surface area contributed by atoms with Gasteiger partial charge in [0.05, 0.1) is 0 Å². The number of halogens is 1. The Labute approximate surface area is 130 Å². The van der Waals surface area contributed by atoms with Crippen molar-refractivity contribution in [3.05, 3.63) is 57.6 Å².